The van der Waals surface area contributed by atoms with E-state index in [1.54, 1.807) is 12.1 Å². The van der Waals surface area contributed by atoms with Crippen molar-refractivity contribution in [3.63, 3.8) is 0 Å². The van der Waals surface area contributed by atoms with Gasteiger partial charge in [0.1, 0.15) is 6.61 Å². The molecule has 1 unspecified atom stereocenters. The Hall–Kier alpha value is -2.74. The predicted octanol–water partition coefficient (Wildman–Crippen LogP) is 3.71. The average Bonchev–Trinajstić information content (AvgIpc) is 2.77. The molecule has 2 aliphatic rings. The van der Waals surface area contributed by atoms with Crippen molar-refractivity contribution in [3.8, 4) is 5.75 Å². The molecule has 154 valence electrons. The van der Waals surface area contributed by atoms with Crippen LogP contribution in [0.1, 0.15) is 29.2 Å². The summed E-state index contributed by atoms with van der Waals surface area (Å²) >= 11 is 0. The molecule has 8 heteroatoms. The van der Waals surface area contributed by atoms with Crippen LogP contribution in [0.3, 0.4) is 0 Å². The minimum atomic E-state index is -1.28. The van der Waals surface area contributed by atoms with E-state index in [0.29, 0.717) is 13.0 Å². The number of benzene rings is 2. The minimum absolute atomic E-state index is 0.0307. The van der Waals surface area contributed by atoms with Crippen LogP contribution in [0.5, 0.6) is 5.75 Å². The molecule has 29 heavy (non-hydrogen) atoms. The minimum Gasteiger partial charge on any atom is -0.490 e. The van der Waals surface area contributed by atoms with Gasteiger partial charge < -0.3 is 14.8 Å². The number of carbonyl (C=O) groups is 1. The fourth-order valence-corrected chi connectivity index (χ4v) is 3.77. The molecule has 0 aromatic heterocycles. The number of hydrogen-bond acceptors (Lipinski definition) is 4. The number of rotatable bonds is 3. The topological polar surface area (TPSA) is 50.8 Å². The first-order valence-corrected chi connectivity index (χ1v) is 9.58. The van der Waals surface area contributed by atoms with Gasteiger partial charge in [0.15, 0.2) is 23.2 Å². The van der Waals surface area contributed by atoms with Crippen LogP contribution in [0.15, 0.2) is 30.3 Å². The van der Waals surface area contributed by atoms with E-state index < -0.39 is 35.2 Å². The van der Waals surface area contributed by atoms with Crippen LogP contribution in [0.25, 0.3) is 0 Å². The summed E-state index contributed by atoms with van der Waals surface area (Å²) in [6.45, 7) is 0.955. The first-order chi connectivity index (χ1) is 14.1. The Morgan fingerprint density at radius 3 is 2.76 bits per heavy atom. The van der Waals surface area contributed by atoms with E-state index in [2.05, 4.69) is 5.32 Å². The van der Waals surface area contributed by atoms with E-state index in [-0.39, 0.29) is 44.0 Å². The standard InChI is InChI=1S/C21H21F3N2O3/c22-17-14-7-4-10-28-20(14)19(24)16(18(17)23)15-11-25-8-9-26(15)21(27)29-12-13-5-2-1-3-6-13/h1-3,5-6,15,25H,4,7-12H2. The molecule has 2 aliphatic heterocycles. The highest BCUT2D eigenvalue weighted by Gasteiger charge is 2.37. The van der Waals surface area contributed by atoms with Crippen LogP contribution < -0.4 is 10.1 Å². The van der Waals surface area contributed by atoms with Gasteiger partial charge in [-0.2, -0.15) is 0 Å². The first kappa shape index (κ1) is 19.6. The van der Waals surface area contributed by atoms with Gasteiger partial charge >= 0.3 is 6.09 Å². The van der Waals surface area contributed by atoms with Gasteiger partial charge in [0.25, 0.3) is 0 Å². The second-order valence-corrected chi connectivity index (χ2v) is 7.07. The highest BCUT2D eigenvalue weighted by molar-refractivity contribution is 5.69. The maximum atomic E-state index is 15.1. The molecule has 1 atom stereocenters. The Balaban J connectivity index is 1.62. The summed E-state index contributed by atoms with van der Waals surface area (Å²) < 4.78 is 55.2. The molecule has 2 heterocycles. The molecule has 4 rings (SSSR count). The summed E-state index contributed by atoms with van der Waals surface area (Å²) in [5.41, 5.74) is 0.196. The van der Waals surface area contributed by atoms with Crippen molar-refractivity contribution >= 4 is 6.09 Å². The van der Waals surface area contributed by atoms with Crippen molar-refractivity contribution < 1.29 is 27.4 Å². The first-order valence-electron chi connectivity index (χ1n) is 9.58. The molecule has 2 aromatic rings. The van der Waals surface area contributed by atoms with Gasteiger partial charge in [-0.1, -0.05) is 30.3 Å². The lowest BCUT2D eigenvalue weighted by Gasteiger charge is -2.36. The van der Waals surface area contributed by atoms with Gasteiger partial charge in [-0.3, -0.25) is 4.90 Å². The van der Waals surface area contributed by atoms with Crippen LogP contribution >= 0.6 is 0 Å². The summed E-state index contributed by atoms with van der Waals surface area (Å²) in [6, 6.07) is 8.04. The van der Waals surface area contributed by atoms with Crippen LogP contribution in [-0.2, 0) is 17.8 Å². The molecule has 0 spiro atoms. The number of fused-ring (bicyclic) bond motifs is 1. The molecular weight excluding hydrogens is 385 g/mol. The summed E-state index contributed by atoms with van der Waals surface area (Å²) in [4.78, 5) is 13.9. The second kappa shape index (κ2) is 8.32. The van der Waals surface area contributed by atoms with Crippen molar-refractivity contribution in [1.82, 2.24) is 10.2 Å². The summed E-state index contributed by atoms with van der Waals surface area (Å²) in [5, 5.41) is 3.00. The Kier molecular flexibility index (Phi) is 5.62. The number of nitrogens with zero attached hydrogens (tertiary/aromatic N) is 1. The van der Waals surface area contributed by atoms with Gasteiger partial charge in [-0.15, -0.1) is 0 Å². The number of hydrogen-bond donors (Lipinski definition) is 1. The number of carbonyl (C=O) groups excluding carboxylic acids is 1. The van der Waals surface area contributed by atoms with Crippen molar-refractivity contribution in [2.45, 2.75) is 25.5 Å². The Bertz CT molecular complexity index is 908. The quantitative estimate of drug-likeness (QED) is 0.790. The van der Waals surface area contributed by atoms with E-state index in [1.807, 2.05) is 18.2 Å². The summed E-state index contributed by atoms with van der Waals surface area (Å²) in [5.74, 6) is -3.60. The molecule has 0 aliphatic carbocycles. The Morgan fingerprint density at radius 2 is 1.97 bits per heavy atom. The lowest BCUT2D eigenvalue weighted by Crippen LogP contribution is -2.49. The Morgan fingerprint density at radius 1 is 1.17 bits per heavy atom. The lowest BCUT2D eigenvalue weighted by atomic mass is 9.96. The molecule has 1 saturated heterocycles. The summed E-state index contributed by atoms with van der Waals surface area (Å²) in [6.07, 6.45) is -0.00950. The molecule has 1 amide bonds. The van der Waals surface area contributed by atoms with Gasteiger partial charge in [-0.25, -0.2) is 18.0 Å². The number of nitrogens with one attached hydrogen (secondary N) is 1. The molecular formula is C21H21F3N2O3. The van der Waals surface area contributed by atoms with Gasteiger partial charge in [-0.05, 0) is 18.4 Å². The highest BCUT2D eigenvalue weighted by Crippen LogP contribution is 2.39. The second-order valence-electron chi connectivity index (χ2n) is 7.07. The zero-order valence-corrected chi connectivity index (χ0v) is 15.7. The van der Waals surface area contributed by atoms with E-state index in [1.165, 1.54) is 4.90 Å². The lowest BCUT2D eigenvalue weighted by molar-refractivity contribution is 0.0700. The third kappa shape index (κ3) is 3.76. The van der Waals surface area contributed by atoms with Gasteiger partial charge in [0.05, 0.1) is 18.2 Å². The van der Waals surface area contributed by atoms with Gasteiger partial charge in [0, 0.05) is 25.2 Å². The van der Waals surface area contributed by atoms with Crippen molar-refractivity contribution in [3.05, 3.63) is 64.5 Å². The van der Waals surface area contributed by atoms with Crippen LogP contribution in [0.2, 0.25) is 0 Å². The zero-order chi connectivity index (χ0) is 20.4. The fourth-order valence-electron chi connectivity index (χ4n) is 3.77. The van der Waals surface area contributed by atoms with E-state index in [4.69, 9.17) is 9.47 Å². The van der Waals surface area contributed by atoms with Crippen LogP contribution in [0, 0.1) is 17.5 Å². The predicted molar refractivity (Wildman–Crippen MR) is 99.1 cm³/mol. The van der Waals surface area contributed by atoms with E-state index >= 15 is 4.39 Å². The number of halogens is 3. The average molecular weight is 406 g/mol. The maximum absolute atomic E-state index is 15.1. The van der Waals surface area contributed by atoms with Crippen molar-refractivity contribution in [2.75, 3.05) is 26.2 Å². The summed E-state index contributed by atoms with van der Waals surface area (Å²) in [7, 11) is 0. The fraction of sp³-hybridized carbons (Fsp3) is 0.381. The van der Waals surface area contributed by atoms with Crippen molar-refractivity contribution in [2.24, 2.45) is 0 Å². The molecule has 0 bridgehead atoms. The van der Waals surface area contributed by atoms with Crippen molar-refractivity contribution in [1.29, 1.82) is 0 Å². The SMILES string of the molecule is O=C(OCc1ccccc1)N1CCNCC1c1c(F)c(F)c2c(c1F)OCCC2. The van der Waals surface area contributed by atoms with Crippen LogP contribution in [0.4, 0.5) is 18.0 Å². The highest BCUT2D eigenvalue weighted by atomic mass is 19.2. The zero-order valence-electron chi connectivity index (χ0n) is 15.7. The van der Waals surface area contributed by atoms with Crippen LogP contribution in [-0.4, -0.2) is 37.2 Å². The molecule has 5 nitrogen and oxygen atoms in total. The van der Waals surface area contributed by atoms with E-state index in [9.17, 15) is 13.6 Å². The normalized spacial score (nSPS) is 18.7. The largest absolute Gasteiger partial charge is 0.490 e. The molecule has 0 saturated carbocycles. The number of ether oxygens (including phenoxy) is 2. The monoisotopic (exact) mass is 406 g/mol. The molecule has 1 fully saturated rings. The Labute approximate surface area is 166 Å². The third-order valence-corrected chi connectivity index (χ3v) is 5.24. The number of amides is 1. The third-order valence-electron chi connectivity index (χ3n) is 5.24. The smallest absolute Gasteiger partial charge is 0.410 e. The maximum Gasteiger partial charge on any atom is 0.410 e. The molecule has 1 N–H and O–H groups in total. The molecule has 0 radical (unpaired) electrons. The van der Waals surface area contributed by atoms with Gasteiger partial charge in [0.2, 0.25) is 0 Å². The van der Waals surface area contributed by atoms with E-state index in [0.717, 1.165) is 5.56 Å². The molecule has 2 aromatic carbocycles. The number of piperazine rings is 1.